The summed E-state index contributed by atoms with van der Waals surface area (Å²) in [5.74, 6) is -0.0927. The molecule has 3 N–H and O–H groups in total. The van der Waals surface area contributed by atoms with E-state index in [2.05, 4.69) is 4.98 Å². The first-order valence-electron chi connectivity index (χ1n) is 7.53. The minimum atomic E-state index is -1.81. The van der Waals surface area contributed by atoms with Crippen molar-refractivity contribution >= 4 is 16.8 Å². The smallest absolute Gasteiger partial charge is 0.254 e. The molecule has 1 heterocycles. The molecule has 1 unspecified atom stereocenters. The van der Waals surface area contributed by atoms with Gasteiger partial charge in [-0.15, -0.1) is 0 Å². The van der Waals surface area contributed by atoms with Crippen LogP contribution in [0.25, 0.3) is 10.9 Å². The molecule has 3 aromatic rings. The summed E-state index contributed by atoms with van der Waals surface area (Å²) in [5, 5.41) is 11.9. The van der Waals surface area contributed by atoms with Gasteiger partial charge < -0.3 is 15.6 Å². The highest BCUT2D eigenvalue weighted by Gasteiger charge is 2.36. The number of nitrogens with zero attached hydrogens (tertiary/aromatic N) is 1. The number of hydrogen-bond acceptors (Lipinski definition) is 4. The number of pyridine rings is 1. The van der Waals surface area contributed by atoms with Gasteiger partial charge in [-0.05, 0) is 35.4 Å². The Morgan fingerprint density at radius 1 is 1.21 bits per heavy atom. The topological polar surface area (TPSA) is 85.4 Å². The lowest BCUT2D eigenvalue weighted by atomic mass is 9.86. The van der Waals surface area contributed by atoms with E-state index >= 15 is 0 Å². The van der Waals surface area contributed by atoms with E-state index < -0.39 is 11.5 Å². The molecule has 0 spiro atoms. The Hall–Kier alpha value is -2.92. The van der Waals surface area contributed by atoms with E-state index in [4.69, 9.17) is 10.5 Å². The highest BCUT2D eigenvalue weighted by atomic mass is 16.5. The minimum Gasteiger partial charge on any atom is -0.497 e. The molecule has 0 bridgehead atoms. The Labute approximate surface area is 139 Å². The molecule has 0 saturated carbocycles. The summed E-state index contributed by atoms with van der Waals surface area (Å²) in [7, 11) is 1.58. The maximum atomic E-state index is 12.0. The number of ether oxygens (including phenoxy) is 1. The lowest BCUT2D eigenvalue weighted by Crippen LogP contribution is -2.43. The molecule has 0 radical (unpaired) electrons. The van der Waals surface area contributed by atoms with Crippen molar-refractivity contribution in [3.05, 3.63) is 71.9 Å². The van der Waals surface area contributed by atoms with Gasteiger partial charge in [0, 0.05) is 18.0 Å². The van der Waals surface area contributed by atoms with Crippen LogP contribution in [0, 0.1) is 0 Å². The zero-order valence-electron chi connectivity index (χ0n) is 13.3. The van der Waals surface area contributed by atoms with Crippen molar-refractivity contribution < 1.29 is 14.6 Å². The predicted octanol–water partition coefficient (Wildman–Crippen LogP) is 2.16. The quantitative estimate of drug-likeness (QED) is 0.754. The number of fused-ring (bicyclic) bond motifs is 1. The van der Waals surface area contributed by atoms with Crippen molar-refractivity contribution in [1.82, 2.24) is 4.98 Å². The third kappa shape index (κ3) is 2.94. The summed E-state index contributed by atoms with van der Waals surface area (Å²) in [6.45, 7) is 0. The second-order valence-corrected chi connectivity index (χ2v) is 5.66. The van der Waals surface area contributed by atoms with Gasteiger partial charge in [0.2, 0.25) is 0 Å². The SMILES string of the molecule is COc1ccc(CC(O)(C(N)=O)c2ccc3cccnc3c2)cc1. The van der Waals surface area contributed by atoms with Crippen LogP contribution in [0.1, 0.15) is 11.1 Å². The van der Waals surface area contributed by atoms with Crippen LogP contribution in [-0.2, 0) is 16.8 Å². The molecular formula is C19H18N2O3. The van der Waals surface area contributed by atoms with Gasteiger partial charge in [0.25, 0.3) is 5.91 Å². The predicted molar refractivity (Wildman–Crippen MR) is 91.5 cm³/mol. The van der Waals surface area contributed by atoms with Crippen molar-refractivity contribution in [2.24, 2.45) is 5.73 Å². The van der Waals surface area contributed by atoms with Crippen LogP contribution in [0.4, 0.5) is 0 Å². The lowest BCUT2D eigenvalue weighted by molar-refractivity contribution is -0.137. The Morgan fingerprint density at radius 2 is 1.96 bits per heavy atom. The second-order valence-electron chi connectivity index (χ2n) is 5.66. The fourth-order valence-corrected chi connectivity index (χ4v) is 2.69. The molecule has 1 atom stereocenters. The summed E-state index contributed by atoms with van der Waals surface area (Å²) in [6.07, 6.45) is 1.74. The number of primary amides is 1. The molecule has 3 rings (SSSR count). The number of carbonyl (C=O) groups excluding carboxylic acids is 1. The molecule has 2 aromatic carbocycles. The lowest BCUT2D eigenvalue weighted by Gasteiger charge is -2.25. The van der Waals surface area contributed by atoms with Crippen molar-refractivity contribution in [3.63, 3.8) is 0 Å². The summed E-state index contributed by atoms with van der Waals surface area (Å²) < 4.78 is 5.12. The van der Waals surface area contributed by atoms with Crippen LogP contribution in [0.2, 0.25) is 0 Å². The van der Waals surface area contributed by atoms with Gasteiger partial charge in [-0.3, -0.25) is 9.78 Å². The van der Waals surface area contributed by atoms with Gasteiger partial charge in [-0.2, -0.15) is 0 Å². The van der Waals surface area contributed by atoms with Crippen LogP contribution in [0.3, 0.4) is 0 Å². The van der Waals surface area contributed by atoms with Crippen molar-refractivity contribution in [3.8, 4) is 5.75 Å². The monoisotopic (exact) mass is 322 g/mol. The number of methoxy groups -OCH3 is 1. The average Bonchev–Trinajstić information content (AvgIpc) is 2.61. The highest BCUT2D eigenvalue weighted by Crippen LogP contribution is 2.28. The highest BCUT2D eigenvalue weighted by molar-refractivity contribution is 5.87. The first kappa shape index (κ1) is 16.0. The Bertz CT molecular complexity index is 877. The number of amides is 1. The van der Waals surface area contributed by atoms with E-state index in [-0.39, 0.29) is 6.42 Å². The molecule has 0 saturated heterocycles. The Balaban J connectivity index is 2.00. The number of benzene rings is 2. The standard InChI is InChI=1S/C19H18N2O3/c1-24-16-8-4-13(5-9-16)12-19(23,18(20)22)15-7-6-14-3-2-10-21-17(14)11-15/h2-11,23H,12H2,1H3,(H2,20,22). The third-order valence-electron chi connectivity index (χ3n) is 4.11. The van der Waals surface area contributed by atoms with E-state index in [9.17, 15) is 9.90 Å². The number of hydrogen-bond donors (Lipinski definition) is 2. The zero-order valence-corrected chi connectivity index (χ0v) is 13.3. The summed E-state index contributed by atoms with van der Waals surface area (Å²) in [6, 6.07) is 16.1. The van der Waals surface area contributed by atoms with Gasteiger partial charge in [0.05, 0.1) is 12.6 Å². The minimum absolute atomic E-state index is 0.0741. The molecule has 1 aromatic heterocycles. The van der Waals surface area contributed by atoms with Crippen LogP contribution in [0.5, 0.6) is 5.75 Å². The van der Waals surface area contributed by atoms with Gasteiger partial charge in [0.1, 0.15) is 5.75 Å². The van der Waals surface area contributed by atoms with Crippen molar-refractivity contribution in [2.75, 3.05) is 7.11 Å². The molecule has 5 nitrogen and oxygen atoms in total. The first-order chi connectivity index (χ1) is 11.5. The fraction of sp³-hybridized carbons (Fsp3) is 0.158. The number of nitrogens with two attached hydrogens (primary N) is 1. The van der Waals surface area contributed by atoms with Crippen molar-refractivity contribution in [2.45, 2.75) is 12.0 Å². The fourth-order valence-electron chi connectivity index (χ4n) is 2.69. The van der Waals surface area contributed by atoms with E-state index in [1.165, 1.54) is 0 Å². The molecule has 24 heavy (non-hydrogen) atoms. The maximum absolute atomic E-state index is 12.0. The molecule has 122 valence electrons. The van der Waals surface area contributed by atoms with E-state index in [1.807, 2.05) is 18.2 Å². The normalized spacial score (nSPS) is 13.4. The molecule has 0 aliphatic rings. The van der Waals surface area contributed by atoms with Crippen LogP contribution in [-0.4, -0.2) is 23.1 Å². The molecule has 1 amide bonds. The number of carbonyl (C=O) groups is 1. The van der Waals surface area contributed by atoms with E-state index in [0.29, 0.717) is 16.8 Å². The largest absolute Gasteiger partial charge is 0.497 e. The number of rotatable bonds is 5. The summed E-state index contributed by atoms with van der Waals surface area (Å²) >= 11 is 0. The van der Waals surface area contributed by atoms with E-state index in [1.54, 1.807) is 49.7 Å². The summed E-state index contributed by atoms with van der Waals surface area (Å²) in [5.41, 5.74) is 5.61. The molecule has 0 aliphatic heterocycles. The van der Waals surface area contributed by atoms with Gasteiger partial charge in [-0.25, -0.2) is 0 Å². The zero-order chi connectivity index (χ0) is 17.2. The first-order valence-corrected chi connectivity index (χ1v) is 7.53. The Kier molecular flexibility index (Phi) is 4.18. The van der Waals surface area contributed by atoms with E-state index in [0.717, 1.165) is 10.9 Å². The van der Waals surface area contributed by atoms with Crippen LogP contribution < -0.4 is 10.5 Å². The van der Waals surface area contributed by atoms with Gasteiger partial charge in [0.15, 0.2) is 5.60 Å². The molecular weight excluding hydrogens is 304 g/mol. The van der Waals surface area contributed by atoms with Crippen molar-refractivity contribution in [1.29, 1.82) is 0 Å². The number of aliphatic hydroxyl groups is 1. The average molecular weight is 322 g/mol. The maximum Gasteiger partial charge on any atom is 0.254 e. The molecule has 5 heteroatoms. The molecule has 0 fully saturated rings. The van der Waals surface area contributed by atoms with Gasteiger partial charge >= 0.3 is 0 Å². The third-order valence-corrected chi connectivity index (χ3v) is 4.11. The second kappa shape index (κ2) is 6.29. The summed E-state index contributed by atoms with van der Waals surface area (Å²) in [4.78, 5) is 16.3. The number of aromatic nitrogens is 1. The van der Waals surface area contributed by atoms with Crippen LogP contribution in [0.15, 0.2) is 60.8 Å². The Morgan fingerprint density at radius 3 is 2.62 bits per heavy atom. The molecule has 0 aliphatic carbocycles. The van der Waals surface area contributed by atoms with Gasteiger partial charge in [-0.1, -0.05) is 30.3 Å². The van der Waals surface area contributed by atoms with Crippen LogP contribution >= 0.6 is 0 Å².